The number of allylic oxidation sites excluding steroid dienone is 2. The summed E-state index contributed by atoms with van der Waals surface area (Å²) in [6, 6.07) is 0. The van der Waals surface area contributed by atoms with Gasteiger partial charge in [-0.05, 0) is 90.7 Å². The van der Waals surface area contributed by atoms with Crippen molar-refractivity contribution < 1.29 is 38.2 Å². The highest BCUT2D eigenvalue weighted by atomic mass is 16.6. The number of hydrogen-bond donors (Lipinski definition) is 0. The van der Waals surface area contributed by atoms with E-state index in [-0.39, 0.29) is 40.1 Å². The number of amides is 1. The fourth-order valence-electron chi connectivity index (χ4n) is 11.5. The summed E-state index contributed by atoms with van der Waals surface area (Å²) in [5.74, 6) is -1.66. The van der Waals surface area contributed by atoms with Crippen molar-refractivity contribution in [3.63, 3.8) is 0 Å². The number of Topliss-reactive ketones (excluding diaryl/α,β-unsaturated/α-hetero) is 1. The molecule has 5 aliphatic carbocycles. The van der Waals surface area contributed by atoms with Crippen LogP contribution in [0.2, 0.25) is 0 Å². The largest absolute Gasteiger partial charge is 0.462 e. The Hall–Kier alpha value is -3.01. The van der Waals surface area contributed by atoms with E-state index in [0.29, 0.717) is 31.3 Å². The van der Waals surface area contributed by atoms with Gasteiger partial charge in [-0.2, -0.15) is 0 Å². The zero-order valence-corrected chi connectivity index (χ0v) is 29.8. The lowest BCUT2D eigenvalue weighted by atomic mass is 9.43. The lowest BCUT2D eigenvalue weighted by Gasteiger charge is -2.60. The first-order chi connectivity index (χ1) is 22.5. The van der Waals surface area contributed by atoms with Gasteiger partial charge in [-0.15, -0.1) is 0 Å². The highest BCUT2D eigenvalue weighted by Crippen LogP contribution is 2.87. The summed E-state index contributed by atoms with van der Waals surface area (Å²) in [6.45, 7) is 17.8. The number of carbonyl (C=O) groups excluding carboxylic acids is 5. The average molecular weight is 667 g/mol. The minimum Gasteiger partial charge on any atom is -0.462 e. The molecule has 0 N–H and O–H groups in total. The van der Waals surface area contributed by atoms with Crippen LogP contribution < -0.4 is 0 Å². The molecule has 0 bridgehead atoms. The minimum absolute atomic E-state index is 0.0129. The maximum absolute atomic E-state index is 14.4. The molecule has 1 heterocycles. The summed E-state index contributed by atoms with van der Waals surface area (Å²) in [5.41, 5.74) is -0.512. The second kappa shape index (κ2) is 12.1. The number of nitrogens with zero attached hydrogens (tertiary/aromatic N) is 2. The summed E-state index contributed by atoms with van der Waals surface area (Å²) >= 11 is 0. The van der Waals surface area contributed by atoms with Crippen molar-refractivity contribution in [2.24, 2.45) is 51.2 Å². The van der Waals surface area contributed by atoms with Gasteiger partial charge < -0.3 is 24.0 Å². The number of ether oxygens (including phenoxy) is 3. The van der Waals surface area contributed by atoms with Gasteiger partial charge in [0.25, 0.3) is 0 Å². The van der Waals surface area contributed by atoms with E-state index in [1.54, 1.807) is 11.8 Å². The van der Waals surface area contributed by atoms with Crippen molar-refractivity contribution in [2.75, 3.05) is 39.8 Å². The molecular formula is C38H54N2O8. The predicted molar refractivity (Wildman–Crippen MR) is 177 cm³/mol. The molecule has 6 rings (SSSR count). The second-order valence-electron chi connectivity index (χ2n) is 16.5. The van der Waals surface area contributed by atoms with E-state index in [0.717, 1.165) is 45.2 Å². The van der Waals surface area contributed by atoms with Crippen LogP contribution in [0.4, 0.5) is 4.79 Å². The van der Waals surface area contributed by atoms with Gasteiger partial charge in [-0.3, -0.25) is 19.2 Å². The summed E-state index contributed by atoms with van der Waals surface area (Å²) in [4.78, 5) is 69.0. The first-order valence-corrected chi connectivity index (χ1v) is 17.9. The zero-order valence-electron chi connectivity index (χ0n) is 29.8. The fraction of sp³-hybridized carbons (Fsp3) is 0.763. The van der Waals surface area contributed by atoms with Gasteiger partial charge in [0.2, 0.25) is 0 Å². The second-order valence-corrected chi connectivity index (χ2v) is 16.5. The third kappa shape index (κ3) is 5.18. The topological polar surface area (TPSA) is 120 Å². The summed E-state index contributed by atoms with van der Waals surface area (Å²) in [5, 5.41) is 0. The Morgan fingerprint density at radius 2 is 1.71 bits per heavy atom. The Balaban J connectivity index is 1.27. The molecule has 1 aliphatic heterocycles. The molecule has 1 unspecified atom stereocenters. The van der Waals surface area contributed by atoms with Crippen molar-refractivity contribution >= 4 is 29.6 Å². The number of ketones is 2. The van der Waals surface area contributed by atoms with Crippen LogP contribution in [-0.4, -0.2) is 91.4 Å². The summed E-state index contributed by atoms with van der Waals surface area (Å²) < 4.78 is 17.6. The normalized spacial score (nSPS) is 41.1. The molecule has 0 aromatic heterocycles. The Morgan fingerprint density at radius 3 is 2.35 bits per heavy atom. The number of hydrogen-bond acceptors (Lipinski definition) is 9. The molecule has 4 saturated carbocycles. The molecule has 0 radical (unpaired) electrons. The van der Waals surface area contributed by atoms with Crippen molar-refractivity contribution in [3.05, 3.63) is 24.3 Å². The van der Waals surface area contributed by atoms with Gasteiger partial charge in [0.15, 0.2) is 17.7 Å². The number of rotatable bonds is 8. The highest BCUT2D eigenvalue weighted by Gasteiger charge is 2.82. The van der Waals surface area contributed by atoms with Gasteiger partial charge in [-0.25, -0.2) is 4.79 Å². The summed E-state index contributed by atoms with van der Waals surface area (Å²) in [6.07, 6.45) is 7.07. The van der Waals surface area contributed by atoms with Crippen LogP contribution in [-0.2, 0) is 33.4 Å². The van der Waals surface area contributed by atoms with Crippen LogP contribution in [0.15, 0.2) is 24.3 Å². The van der Waals surface area contributed by atoms with E-state index in [9.17, 15) is 24.0 Å². The Bertz CT molecular complexity index is 1430. The molecule has 6 aliphatic rings. The molecule has 2 spiro atoms. The first-order valence-electron chi connectivity index (χ1n) is 17.9. The Morgan fingerprint density at radius 1 is 1.02 bits per heavy atom. The van der Waals surface area contributed by atoms with Crippen LogP contribution in [0.5, 0.6) is 0 Å². The molecule has 0 aromatic rings. The van der Waals surface area contributed by atoms with Gasteiger partial charge in [0.05, 0.1) is 6.61 Å². The molecule has 48 heavy (non-hydrogen) atoms. The van der Waals surface area contributed by atoms with Crippen LogP contribution in [0, 0.1) is 51.2 Å². The van der Waals surface area contributed by atoms with E-state index in [2.05, 4.69) is 38.3 Å². The third-order valence-corrected chi connectivity index (χ3v) is 14.4. The van der Waals surface area contributed by atoms with E-state index >= 15 is 0 Å². The molecule has 10 heteroatoms. The Labute approximate surface area is 284 Å². The number of fused-ring (bicyclic) bond motifs is 2. The molecule has 264 valence electrons. The quantitative estimate of drug-likeness (QED) is 0.200. The standard InChI is InChI=1S/C38H54N2O8/c1-22(20-46-34(45)40-17-15-39(8)16-18-40)23(2)32(44)33(48-26(5)42)31-29(47-25(4)41)19-36(7)30-10-9-27-24(3)28(43)11-12-37(27)21-38(30,37)14-13-35(31,36)6/h11-12,22,24,27,29-31,33H,2,9-10,13-21H2,1,3-8H3/t22-,24-,27-,29-,30-,31?,33+,35+,36-,37+,38-/m0/s1. The van der Waals surface area contributed by atoms with E-state index in [1.165, 1.54) is 13.8 Å². The highest BCUT2D eigenvalue weighted by molar-refractivity contribution is 6.00. The van der Waals surface area contributed by atoms with Crippen LogP contribution in [0.3, 0.4) is 0 Å². The van der Waals surface area contributed by atoms with Gasteiger partial charge in [-0.1, -0.05) is 40.3 Å². The lowest BCUT2D eigenvalue weighted by molar-refractivity contribution is -0.173. The van der Waals surface area contributed by atoms with E-state index in [4.69, 9.17) is 14.2 Å². The van der Waals surface area contributed by atoms with Crippen molar-refractivity contribution in [1.82, 2.24) is 9.80 Å². The Kier molecular flexibility index (Phi) is 8.78. The molecule has 5 fully saturated rings. The monoisotopic (exact) mass is 666 g/mol. The fourth-order valence-corrected chi connectivity index (χ4v) is 11.5. The SMILES string of the molecule is C=C(C(=O)[C@H](OC(C)=O)C1[C@@H](OC(C)=O)C[C@@]2(C)[C@@H]3CC[C@H]4[C@H](C)C(=O)C=C[C@@]45C[C@@]35CC[C@]12C)[C@@H](C)COC(=O)N1CCN(C)CC1. The summed E-state index contributed by atoms with van der Waals surface area (Å²) in [7, 11) is 2.01. The van der Waals surface area contributed by atoms with Gasteiger partial charge >= 0.3 is 18.0 Å². The smallest absolute Gasteiger partial charge is 0.409 e. The van der Waals surface area contributed by atoms with Gasteiger partial charge in [0.1, 0.15) is 6.10 Å². The van der Waals surface area contributed by atoms with Crippen LogP contribution >= 0.6 is 0 Å². The van der Waals surface area contributed by atoms with Gasteiger partial charge in [0, 0.05) is 57.8 Å². The number of piperazine rings is 1. The maximum atomic E-state index is 14.4. The first kappa shape index (κ1) is 34.8. The minimum atomic E-state index is -1.20. The van der Waals surface area contributed by atoms with E-state index in [1.807, 2.05) is 13.1 Å². The zero-order chi connectivity index (χ0) is 35.0. The lowest BCUT2D eigenvalue weighted by Crippen LogP contribution is -2.57. The van der Waals surface area contributed by atoms with Crippen LogP contribution in [0.1, 0.15) is 80.1 Å². The number of likely N-dealkylation sites (N-methyl/N-ethyl adjacent to an activating group) is 1. The van der Waals surface area contributed by atoms with Crippen molar-refractivity contribution in [2.45, 2.75) is 92.3 Å². The third-order valence-electron chi connectivity index (χ3n) is 14.4. The predicted octanol–water partition coefficient (Wildman–Crippen LogP) is 5.00. The molecule has 11 atom stereocenters. The molecule has 10 nitrogen and oxygen atoms in total. The van der Waals surface area contributed by atoms with Crippen LogP contribution in [0.25, 0.3) is 0 Å². The molecule has 0 aromatic carbocycles. The van der Waals surface area contributed by atoms with Crippen molar-refractivity contribution in [3.8, 4) is 0 Å². The number of esters is 2. The van der Waals surface area contributed by atoms with E-state index < -0.39 is 53.3 Å². The maximum Gasteiger partial charge on any atom is 0.409 e. The molecule has 1 amide bonds. The van der Waals surface area contributed by atoms with Crippen molar-refractivity contribution in [1.29, 1.82) is 0 Å². The molecular weight excluding hydrogens is 612 g/mol. The number of carbonyl (C=O) groups is 5. The molecule has 1 saturated heterocycles. The average Bonchev–Trinajstić information content (AvgIpc) is 3.64.